The minimum Gasteiger partial charge on any atom is -0.324 e. The summed E-state index contributed by atoms with van der Waals surface area (Å²) in [7, 11) is 0. The Bertz CT molecular complexity index is 484. The lowest BCUT2D eigenvalue weighted by molar-refractivity contribution is -0.387. The van der Waals surface area contributed by atoms with E-state index in [0.717, 1.165) is 17.9 Å². The largest absolute Gasteiger partial charge is 0.324 e. The van der Waals surface area contributed by atoms with Crippen molar-refractivity contribution < 1.29 is 14.1 Å². The number of nitrogens with zero attached hydrogens (tertiary/aromatic N) is 1. The highest BCUT2D eigenvalue weighted by molar-refractivity contribution is 7.98. The lowest BCUT2D eigenvalue weighted by Gasteiger charge is -2.11. The van der Waals surface area contributed by atoms with Crippen molar-refractivity contribution in [3.05, 3.63) is 34.1 Å². The number of rotatable bonds is 6. The van der Waals surface area contributed by atoms with Crippen molar-refractivity contribution in [3.8, 4) is 0 Å². The lowest BCUT2D eigenvalue weighted by atomic mass is 10.2. The molecule has 104 valence electrons. The Labute approximate surface area is 113 Å². The van der Waals surface area contributed by atoms with Gasteiger partial charge >= 0.3 is 5.69 Å². The van der Waals surface area contributed by atoms with Crippen LogP contribution in [0.4, 0.5) is 15.8 Å². The van der Waals surface area contributed by atoms with Gasteiger partial charge in [0, 0.05) is 11.8 Å². The Morgan fingerprint density at radius 3 is 2.89 bits per heavy atom. The standard InChI is InChI=1S/C11H14FN3O3S/c1-19-5-4-9(13)11(16)14-7-2-3-8(12)10(6-7)15(17)18/h2-3,6,9H,4-5,13H2,1H3,(H,14,16)/t9-/m1/s1. The number of nitro groups is 1. The fraction of sp³-hybridized carbons (Fsp3) is 0.364. The number of anilines is 1. The second kappa shape index (κ2) is 7.05. The summed E-state index contributed by atoms with van der Waals surface area (Å²) in [5, 5.41) is 13.0. The van der Waals surface area contributed by atoms with Gasteiger partial charge in [0.1, 0.15) is 0 Å². The van der Waals surface area contributed by atoms with Crippen LogP contribution in [0.15, 0.2) is 18.2 Å². The normalized spacial score (nSPS) is 11.9. The molecule has 1 rings (SSSR count). The van der Waals surface area contributed by atoms with Crippen LogP contribution in [0.3, 0.4) is 0 Å². The van der Waals surface area contributed by atoms with E-state index in [-0.39, 0.29) is 5.69 Å². The van der Waals surface area contributed by atoms with Crippen molar-refractivity contribution in [1.82, 2.24) is 0 Å². The zero-order valence-electron chi connectivity index (χ0n) is 10.3. The molecule has 0 unspecified atom stereocenters. The van der Waals surface area contributed by atoms with Crippen LogP contribution < -0.4 is 11.1 Å². The average Bonchev–Trinajstić information content (AvgIpc) is 2.37. The SMILES string of the molecule is CSCC[C@@H](N)C(=O)Nc1ccc(F)c([N+](=O)[O-])c1. The molecule has 0 saturated heterocycles. The molecule has 19 heavy (non-hydrogen) atoms. The van der Waals surface area contributed by atoms with Gasteiger partial charge in [-0.2, -0.15) is 16.2 Å². The van der Waals surface area contributed by atoms with Gasteiger partial charge in [0.05, 0.1) is 11.0 Å². The van der Waals surface area contributed by atoms with Gasteiger partial charge in [-0.05, 0) is 30.6 Å². The van der Waals surface area contributed by atoms with Crippen molar-refractivity contribution in [2.75, 3.05) is 17.3 Å². The third-order valence-corrected chi connectivity index (χ3v) is 3.02. The second-order valence-corrected chi connectivity index (χ2v) is 4.79. The van der Waals surface area contributed by atoms with Gasteiger partial charge in [0.2, 0.25) is 11.7 Å². The molecule has 0 aliphatic carbocycles. The Hall–Kier alpha value is -1.67. The number of nitro benzene ring substituents is 1. The molecule has 3 N–H and O–H groups in total. The van der Waals surface area contributed by atoms with Crippen molar-refractivity contribution in [2.24, 2.45) is 5.73 Å². The summed E-state index contributed by atoms with van der Waals surface area (Å²) in [6, 6.07) is 2.45. The van der Waals surface area contributed by atoms with Crippen LogP contribution in [0, 0.1) is 15.9 Å². The first-order chi connectivity index (χ1) is 8.95. The van der Waals surface area contributed by atoms with Crippen LogP contribution in [0.2, 0.25) is 0 Å². The number of carbonyl (C=O) groups is 1. The van der Waals surface area contributed by atoms with Gasteiger partial charge in [0.25, 0.3) is 0 Å². The molecule has 1 aromatic rings. The molecular formula is C11H14FN3O3S. The number of benzene rings is 1. The predicted octanol–water partition coefficient (Wildman–Crippen LogP) is 1.75. The molecular weight excluding hydrogens is 273 g/mol. The maximum atomic E-state index is 13.1. The smallest absolute Gasteiger partial charge is 0.306 e. The summed E-state index contributed by atoms with van der Waals surface area (Å²) >= 11 is 1.56. The first-order valence-electron chi connectivity index (χ1n) is 5.45. The van der Waals surface area contributed by atoms with E-state index in [1.165, 1.54) is 6.07 Å². The van der Waals surface area contributed by atoms with Gasteiger partial charge in [-0.1, -0.05) is 0 Å². The molecule has 6 nitrogen and oxygen atoms in total. The number of halogens is 1. The zero-order valence-corrected chi connectivity index (χ0v) is 11.1. The number of hydrogen-bond donors (Lipinski definition) is 2. The fourth-order valence-corrected chi connectivity index (χ4v) is 1.83. The van der Waals surface area contributed by atoms with E-state index in [0.29, 0.717) is 6.42 Å². The Balaban J connectivity index is 2.74. The second-order valence-electron chi connectivity index (χ2n) is 3.80. The number of hydrogen-bond acceptors (Lipinski definition) is 5. The third-order valence-electron chi connectivity index (χ3n) is 2.38. The Kier molecular flexibility index (Phi) is 5.71. The first-order valence-corrected chi connectivity index (χ1v) is 6.84. The highest BCUT2D eigenvalue weighted by Gasteiger charge is 2.17. The van der Waals surface area contributed by atoms with E-state index in [1.807, 2.05) is 6.26 Å². The number of nitrogens with two attached hydrogens (primary N) is 1. The van der Waals surface area contributed by atoms with E-state index in [4.69, 9.17) is 5.73 Å². The Morgan fingerprint density at radius 1 is 1.63 bits per heavy atom. The van der Waals surface area contributed by atoms with Crippen molar-refractivity contribution in [1.29, 1.82) is 0 Å². The van der Waals surface area contributed by atoms with E-state index >= 15 is 0 Å². The summed E-state index contributed by atoms with van der Waals surface area (Å²) < 4.78 is 13.1. The summed E-state index contributed by atoms with van der Waals surface area (Å²) in [4.78, 5) is 21.4. The van der Waals surface area contributed by atoms with Gasteiger partial charge in [-0.3, -0.25) is 14.9 Å². The number of amides is 1. The van der Waals surface area contributed by atoms with Gasteiger partial charge in [0.15, 0.2) is 0 Å². The summed E-state index contributed by atoms with van der Waals surface area (Å²) in [5.41, 5.74) is 5.11. The molecule has 1 amide bonds. The highest BCUT2D eigenvalue weighted by Crippen LogP contribution is 2.21. The van der Waals surface area contributed by atoms with Crippen molar-refractivity contribution >= 4 is 29.0 Å². The average molecular weight is 287 g/mol. The summed E-state index contributed by atoms with van der Waals surface area (Å²) in [6.07, 6.45) is 2.39. The van der Waals surface area contributed by atoms with E-state index in [1.54, 1.807) is 11.8 Å². The molecule has 0 aliphatic rings. The number of nitrogens with one attached hydrogen (secondary N) is 1. The van der Waals surface area contributed by atoms with Crippen LogP contribution in [0.5, 0.6) is 0 Å². The molecule has 0 spiro atoms. The van der Waals surface area contributed by atoms with Gasteiger partial charge in [-0.15, -0.1) is 0 Å². The van der Waals surface area contributed by atoms with Crippen LogP contribution >= 0.6 is 11.8 Å². The molecule has 0 saturated carbocycles. The number of carbonyl (C=O) groups excluding carboxylic acids is 1. The van der Waals surface area contributed by atoms with Gasteiger partial charge in [-0.25, -0.2) is 0 Å². The number of thioether (sulfide) groups is 1. The van der Waals surface area contributed by atoms with Crippen LogP contribution in [-0.4, -0.2) is 28.9 Å². The quantitative estimate of drug-likeness (QED) is 0.613. The van der Waals surface area contributed by atoms with E-state index < -0.39 is 28.4 Å². The minimum atomic E-state index is -0.949. The minimum absolute atomic E-state index is 0.151. The van der Waals surface area contributed by atoms with Crippen LogP contribution in [0.1, 0.15) is 6.42 Å². The van der Waals surface area contributed by atoms with Gasteiger partial charge < -0.3 is 11.1 Å². The molecule has 0 aromatic heterocycles. The third kappa shape index (κ3) is 4.49. The van der Waals surface area contributed by atoms with E-state index in [9.17, 15) is 19.3 Å². The lowest BCUT2D eigenvalue weighted by Crippen LogP contribution is -2.36. The molecule has 1 atom stereocenters. The predicted molar refractivity (Wildman–Crippen MR) is 72.7 cm³/mol. The zero-order chi connectivity index (χ0) is 14.4. The fourth-order valence-electron chi connectivity index (χ4n) is 1.34. The maximum Gasteiger partial charge on any atom is 0.306 e. The monoisotopic (exact) mass is 287 g/mol. The highest BCUT2D eigenvalue weighted by atomic mass is 32.2. The van der Waals surface area contributed by atoms with Crippen molar-refractivity contribution in [2.45, 2.75) is 12.5 Å². The van der Waals surface area contributed by atoms with Crippen molar-refractivity contribution in [3.63, 3.8) is 0 Å². The topological polar surface area (TPSA) is 98.3 Å². The molecule has 8 heteroatoms. The molecule has 0 radical (unpaired) electrons. The van der Waals surface area contributed by atoms with Crippen LogP contribution in [0.25, 0.3) is 0 Å². The first kappa shape index (κ1) is 15.4. The van der Waals surface area contributed by atoms with E-state index in [2.05, 4.69) is 5.32 Å². The molecule has 0 bridgehead atoms. The Morgan fingerprint density at radius 2 is 2.32 bits per heavy atom. The maximum absolute atomic E-state index is 13.1. The molecule has 0 heterocycles. The molecule has 1 aromatic carbocycles. The summed E-state index contributed by atoms with van der Waals surface area (Å²) in [6.45, 7) is 0. The summed E-state index contributed by atoms with van der Waals surface area (Å²) in [5.74, 6) is -0.664. The van der Waals surface area contributed by atoms with Crippen LogP contribution in [-0.2, 0) is 4.79 Å². The molecule has 0 fully saturated rings. The molecule has 0 aliphatic heterocycles.